The molecule has 1 aliphatic rings. The maximum absolute atomic E-state index is 5.86. The molecule has 1 saturated heterocycles. The van der Waals surface area contributed by atoms with Gasteiger partial charge in [0, 0.05) is 35.2 Å². The number of nitrogens with two attached hydrogens (primary N) is 1. The van der Waals surface area contributed by atoms with Crippen LogP contribution in [0.15, 0.2) is 18.2 Å². The minimum Gasteiger partial charge on any atom is -0.497 e. The summed E-state index contributed by atoms with van der Waals surface area (Å²) >= 11 is 7.21. The highest BCUT2D eigenvalue weighted by atomic mass is 32.2. The van der Waals surface area contributed by atoms with Gasteiger partial charge in [0.2, 0.25) is 0 Å². The molecule has 0 radical (unpaired) electrons. The maximum atomic E-state index is 5.86. The molecule has 3 nitrogen and oxygen atoms in total. The van der Waals surface area contributed by atoms with Crippen LogP contribution in [0.5, 0.6) is 5.75 Å². The first-order valence-corrected chi connectivity index (χ1v) is 8.19. The summed E-state index contributed by atoms with van der Waals surface area (Å²) < 4.78 is 5.67. The lowest BCUT2D eigenvalue weighted by Crippen LogP contribution is -2.29. The van der Waals surface area contributed by atoms with Gasteiger partial charge < -0.3 is 15.4 Å². The molecule has 0 bridgehead atoms. The summed E-state index contributed by atoms with van der Waals surface area (Å²) in [7, 11) is 1.68. The van der Waals surface area contributed by atoms with E-state index in [2.05, 4.69) is 18.7 Å². The Morgan fingerprint density at radius 1 is 1.40 bits per heavy atom. The summed E-state index contributed by atoms with van der Waals surface area (Å²) in [4.78, 5) is 2.82. The van der Waals surface area contributed by atoms with Gasteiger partial charge in [0.1, 0.15) is 10.7 Å². The number of hydrogen-bond acceptors (Lipinski definition) is 4. The molecule has 0 unspecified atom stereocenters. The molecule has 0 spiro atoms. The van der Waals surface area contributed by atoms with E-state index < -0.39 is 0 Å². The van der Waals surface area contributed by atoms with Crippen molar-refractivity contribution in [1.29, 1.82) is 0 Å². The highest BCUT2D eigenvalue weighted by molar-refractivity contribution is 8.00. The molecule has 1 aromatic rings. The first kappa shape index (κ1) is 15.4. The highest BCUT2D eigenvalue weighted by Crippen LogP contribution is 2.34. The third-order valence-corrected chi connectivity index (χ3v) is 5.24. The predicted molar refractivity (Wildman–Crippen MR) is 92.2 cm³/mol. The smallest absolute Gasteiger partial charge is 0.120 e. The summed E-state index contributed by atoms with van der Waals surface area (Å²) in [6.07, 6.45) is 1.14. The predicted octanol–water partition coefficient (Wildman–Crippen LogP) is 3.05. The molecule has 5 heteroatoms. The van der Waals surface area contributed by atoms with Crippen LogP contribution in [-0.4, -0.2) is 35.7 Å². The van der Waals surface area contributed by atoms with Crippen LogP contribution < -0.4 is 15.4 Å². The lowest BCUT2D eigenvalue weighted by Gasteiger charge is -2.26. The molecule has 0 atom stereocenters. The Bertz CT molecular complexity index is 503. The molecule has 0 saturated carbocycles. The van der Waals surface area contributed by atoms with E-state index in [1.165, 1.54) is 0 Å². The monoisotopic (exact) mass is 310 g/mol. The van der Waals surface area contributed by atoms with E-state index in [-0.39, 0.29) is 0 Å². The third-order valence-electron chi connectivity index (χ3n) is 3.65. The second kappa shape index (κ2) is 6.22. The number of thiocarbonyl (C=S) groups is 1. The molecule has 20 heavy (non-hydrogen) atoms. The van der Waals surface area contributed by atoms with Crippen molar-refractivity contribution in [3.05, 3.63) is 23.8 Å². The standard InChI is InChI=1S/C15H22N2OS2/c1-15(2)6-7-17(8-9-20-15)13-10-11(18-3)4-5-12(13)14(16)19/h4-5,10H,6-9H2,1-3H3,(H2,16,19). The van der Waals surface area contributed by atoms with Crippen molar-refractivity contribution in [3.8, 4) is 5.75 Å². The molecule has 1 aliphatic heterocycles. The van der Waals surface area contributed by atoms with Crippen molar-refractivity contribution < 1.29 is 4.74 Å². The van der Waals surface area contributed by atoms with Crippen LogP contribution in [-0.2, 0) is 0 Å². The Balaban J connectivity index is 2.32. The fourth-order valence-corrected chi connectivity index (χ4v) is 3.64. The van der Waals surface area contributed by atoms with E-state index in [0.29, 0.717) is 9.74 Å². The third kappa shape index (κ3) is 3.58. The lowest BCUT2D eigenvalue weighted by molar-refractivity contribution is 0.414. The highest BCUT2D eigenvalue weighted by Gasteiger charge is 2.25. The van der Waals surface area contributed by atoms with E-state index >= 15 is 0 Å². The molecule has 2 N–H and O–H groups in total. The Morgan fingerprint density at radius 2 is 2.15 bits per heavy atom. The first-order chi connectivity index (χ1) is 9.43. The van der Waals surface area contributed by atoms with Gasteiger partial charge in [-0.2, -0.15) is 11.8 Å². The zero-order valence-electron chi connectivity index (χ0n) is 12.3. The fraction of sp³-hybridized carbons (Fsp3) is 0.533. The zero-order valence-corrected chi connectivity index (χ0v) is 13.9. The van der Waals surface area contributed by atoms with E-state index in [1.807, 2.05) is 30.0 Å². The van der Waals surface area contributed by atoms with Crippen LogP contribution in [0.2, 0.25) is 0 Å². The van der Waals surface area contributed by atoms with Crippen molar-refractivity contribution in [2.75, 3.05) is 30.9 Å². The molecule has 0 aromatic heterocycles. The summed E-state index contributed by atoms with van der Waals surface area (Å²) in [5.41, 5.74) is 7.89. The zero-order chi connectivity index (χ0) is 14.8. The minimum absolute atomic E-state index is 0.330. The lowest BCUT2D eigenvalue weighted by atomic mass is 10.1. The van der Waals surface area contributed by atoms with Crippen LogP contribution >= 0.6 is 24.0 Å². The van der Waals surface area contributed by atoms with Crippen LogP contribution in [0, 0.1) is 0 Å². The summed E-state index contributed by atoms with van der Waals surface area (Å²) in [6, 6.07) is 5.91. The van der Waals surface area contributed by atoms with Crippen LogP contribution in [0.4, 0.5) is 5.69 Å². The van der Waals surface area contributed by atoms with Gasteiger partial charge in [0.05, 0.1) is 12.8 Å². The SMILES string of the molecule is COc1ccc(C(N)=S)c(N2CCSC(C)(C)CC2)c1. The van der Waals surface area contributed by atoms with Crippen LogP contribution in [0.25, 0.3) is 0 Å². The number of nitrogens with zero attached hydrogens (tertiary/aromatic N) is 1. The van der Waals surface area contributed by atoms with Gasteiger partial charge in [-0.3, -0.25) is 0 Å². The summed E-state index contributed by atoms with van der Waals surface area (Å²) in [5, 5.41) is 0. The fourth-order valence-electron chi connectivity index (χ4n) is 2.37. The van der Waals surface area contributed by atoms with Crippen LogP contribution in [0.3, 0.4) is 0 Å². The molecule has 2 rings (SSSR count). The Morgan fingerprint density at radius 3 is 2.80 bits per heavy atom. The minimum atomic E-state index is 0.330. The molecule has 1 aromatic carbocycles. The molecule has 1 fully saturated rings. The van der Waals surface area contributed by atoms with Crippen LogP contribution in [0.1, 0.15) is 25.8 Å². The van der Waals surface area contributed by atoms with Gasteiger partial charge in [-0.1, -0.05) is 26.1 Å². The van der Waals surface area contributed by atoms with Gasteiger partial charge in [0.15, 0.2) is 0 Å². The number of benzene rings is 1. The van der Waals surface area contributed by atoms with Gasteiger partial charge in [0.25, 0.3) is 0 Å². The second-order valence-electron chi connectivity index (χ2n) is 5.59. The van der Waals surface area contributed by atoms with E-state index in [1.54, 1.807) is 7.11 Å². The average molecular weight is 310 g/mol. The number of anilines is 1. The number of thioether (sulfide) groups is 1. The van der Waals surface area contributed by atoms with Gasteiger partial charge in [-0.15, -0.1) is 0 Å². The van der Waals surface area contributed by atoms with Gasteiger partial charge in [-0.05, 0) is 18.6 Å². The maximum Gasteiger partial charge on any atom is 0.120 e. The molecular weight excluding hydrogens is 288 g/mol. The number of methoxy groups -OCH3 is 1. The molecule has 0 aliphatic carbocycles. The van der Waals surface area contributed by atoms with Gasteiger partial charge in [-0.25, -0.2) is 0 Å². The van der Waals surface area contributed by atoms with Crippen molar-refractivity contribution in [3.63, 3.8) is 0 Å². The van der Waals surface area contributed by atoms with Crippen molar-refractivity contribution >= 4 is 34.7 Å². The number of ether oxygens (including phenoxy) is 1. The average Bonchev–Trinajstić information content (AvgIpc) is 2.58. The topological polar surface area (TPSA) is 38.5 Å². The first-order valence-electron chi connectivity index (χ1n) is 6.80. The molecule has 1 heterocycles. The molecule has 0 amide bonds. The molecular formula is C15H22N2OS2. The van der Waals surface area contributed by atoms with Crippen molar-refractivity contribution in [2.24, 2.45) is 5.73 Å². The summed E-state index contributed by atoms with van der Waals surface area (Å²) in [5.74, 6) is 1.96. The Labute approximate surface area is 130 Å². The number of rotatable bonds is 3. The van der Waals surface area contributed by atoms with Gasteiger partial charge >= 0.3 is 0 Å². The van der Waals surface area contributed by atoms with Crippen molar-refractivity contribution in [2.45, 2.75) is 25.0 Å². The van der Waals surface area contributed by atoms with E-state index in [4.69, 9.17) is 22.7 Å². The Kier molecular flexibility index (Phi) is 4.81. The van der Waals surface area contributed by atoms with E-state index in [0.717, 1.165) is 42.3 Å². The second-order valence-corrected chi connectivity index (χ2v) is 7.83. The number of hydrogen-bond donors (Lipinski definition) is 1. The van der Waals surface area contributed by atoms with E-state index in [9.17, 15) is 0 Å². The Hall–Kier alpha value is -0.940. The largest absolute Gasteiger partial charge is 0.497 e. The molecule has 110 valence electrons. The quantitative estimate of drug-likeness (QED) is 0.869. The van der Waals surface area contributed by atoms with Crippen molar-refractivity contribution in [1.82, 2.24) is 0 Å². The normalized spacial score (nSPS) is 18.4. The summed E-state index contributed by atoms with van der Waals surface area (Å²) in [6.45, 7) is 6.64.